The Morgan fingerprint density at radius 3 is 2.94 bits per heavy atom. The van der Waals surface area contributed by atoms with Crippen LogP contribution in [0.5, 0.6) is 0 Å². The molecule has 0 atom stereocenters. The number of nitrogens with zero attached hydrogens (tertiary/aromatic N) is 1. The predicted octanol–water partition coefficient (Wildman–Crippen LogP) is 1.46. The molecule has 1 saturated carbocycles. The maximum atomic E-state index is 11.9. The summed E-state index contributed by atoms with van der Waals surface area (Å²) in [4.78, 5) is 15.9. The highest BCUT2D eigenvalue weighted by atomic mass is 16.1. The summed E-state index contributed by atoms with van der Waals surface area (Å²) >= 11 is 0. The summed E-state index contributed by atoms with van der Waals surface area (Å²) in [5.74, 6) is 0.559. The van der Waals surface area contributed by atoms with E-state index in [-0.39, 0.29) is 5.91 Å². The second-order valence-electron chi connectivity index (χ2n) is 4.61. The molecule has 0 bridgehead atoms. The van der Waals surface area contributed by atoms with Gasteiger partial charge in [0.2, 0.25) is 0 Å². The van der Waals surface area contributed by atoms with Gasteiger partial charge in [-0.05, 0) is 36.5 Å². The highest BCUT2D eigenvalue weighted by Crippen LogP contribution is 2.23. The average Bonchev–Trinajstić information content (AvgIpc) is 2.89. The Kier molecular flexibility index (Phi) is 4.09. The lowest BCUT2D eigenvalue weighted by molar-refractivity contribution is 0.0942. The van der Waals surface area contributed by atoms with Crippen LogP contribution in [0.15, 0.2) is 18.3 Å². The molecule has 4 nitrogen and oxygen atoms in total. The fourth-order valence-corrected chi connectivity index (χ4v) is 2.27. The fourth-order valence-electron chi connectivity index (χ4n) is 2.27. The zero-order chi connectivity index (χ0) is 12.1. The quantitative estimate of drug-likeness (QED) is 0.827. The van der Waals surface area contributed by atoms with Gasteiger partial charge in [-0.1, -0.05) is 12.8 Å². The normalized spacial score (nSPS) is 16.1. The molecule has 17 heavy (non-hydrogen) atoms. The van der Waals surface area contributed by atoms with Gasteiger partial charge in [-0.15, -0.1) is 0 Å². The lowest BCUT2D eigenvalue weighted by atomic mass is 10.1. The summed E-state index contributed by atoms with van der Waals surface area (Å²) in [6.45, 7) is 1.21. The van der Waals surface area contributed by atoms with Gasteiger partial charge in [0.15, 0.2) is 0 Å². The topological polar surface area (TPSA) is 68.0 Å². The third-order valence-corrected chi connectivity index (χ3v) is 3.32. The van der Waals surface area contributed by atoms with Crippen molar-refractivity contribution in [1.29, 1.82) is 0 Å². The summed E-state index contributed by atoms with van der Waals surface area (Å²) in [5, 5.41) is 2.95. The fraction of sp³-hybridized carbons (Fsp3) is 0.538. The molecule has 1 heterocycles. The van der Waals surface area contributed by atoms with E-state index in [0.29, 0.717) is 18.2 Å². The Morgan fingerprint density at radius 1 is 1.47 bits per heavy atom. The second kappa shape index (κ2) is 5.77. The number of pyridine rings is 1. The Hall–Kier alpha value is -1.42. The standard InChI is InChI=1S/C13H19N3O/c14-8-11-5-6-15-12(7-11)13(17)16-9-10-3-1-2-4-10/h5-7,10H,1-4,8-9,14H2,(H,16,17). The number of hydrogen-bond acceptors (Lipinski definition) is 3. The van der Waals surface area contributed by atoms with Crippen molar-refractivity contribution < 1.29 is 4.79 Å². The van der Waals surface area contributed by atoms with E-state index in [9.17, 15) is 4.79 Å². The first-order valence-corrected chi connectivity index (χ1v) is 6.23. The lowest BCUT2D eigenvalue weighted by Crippen LogP contribution is -2.29. The third kappa shape index (κ3) is 3.27. The van der Waals surface area contributed by atoms with E-state index in [0.717, 1.165) is 12.1 Å². The van der Waals surface area contributed by atoms with Crippen LogP contribution in [0, 0.1) is 5.92 Å². The molecule has 0 aliphatic heterocycles. The molecule has 4 heteroatoms. The van der Waals surface area contributed by atoms with Crippen LogP contribution < -0.4 is 11.1 Å². The molecule has 3 N–H and O–H groups in total. The highest BCUT2D eigenvalue weighted by Gasteiger charge is 2.16. The number of hydrogen-bond donors (Lipinski definition) is 2. The summed E-state index contributed by atoms with van der Waals surface area (Å²) < 4.78 is 0. The van der Waals surface area contributed by atoms with Crippen molar-refractivity contribution in [3.63, 3.8) is 0 Å². The Bertz CT molecular complexity index is 386. The van der Waals surface area contributed by atoms with Crippen molar-refractivity contribution in [3.8, 4) is 0 Å². The zero-order valence-electron chi connectivity index (χ0n) is 9.98. The van der Waals surface area contributed by atoms with Crippen LogP contribution in [-0.2, 0) is 6.54 Å². The molecule has 1 amide bonds. The summed E-state index contributed by atoms with van der Waals surface area (Å²) in [7, 11) is 0. The second-order valence-corrected chi connectivity index (χ2v) is 4.61. The summed E-state index contributed by atoms with van der Waals surface area (Å²) in [5.41, 5.74) is 6.93. The van der Waals surface area contributed by atoms with Crippen LogP contribution in [0.25, 0.3) is 0 Å². The number of aromatic nitrogens is 1. The van der Waals surface area contributed by atoms with E-state index < -0.39 is 0 Å². The van der Waals surface area contributed by atoms with Gasteiger partial charge >= 0.3 is 0 Å². The van der Waals surface area contributed by atoms with Gasteiger partial charge in [0.1, 0.15) is 5.69 Å². The van der Waals surface area contributed by atoms with Crippen molar-refractivity contribution in [3.05, 3.63) is 29.6 Å². The van der Waals surface area contributed by atoms with Crippen LogP contribution in [0.4, 0.5) is 0 Å². The summed E-state index contributed by atoms with van der Waals surface area (Å²) in [6, 6.07) is 3.58. The summed E-state index contributed by atoms with van der Waals surface area (Å²) in [6.07, 6.45) is 6.68. The van der Waals surface area contributed by atoms with E-state index >= 15 is 0 Å². The Balaban J connectivity index is 1.89. The molecule has 0 radical (unpaired) electrons. The molecule has 1 fully saturated rings. The first-order chi connectivity index (χ1) is 8.29. The molecule has 1 aliphatic rings. The predicted molar refractivity (Wildman–Crippen MR) is 66.4 cm³/mol. The number of carbonyl (C=O) groups is 1. The monoisotopic (exact) mass is 233 g/mol. The SMILES string of the molecule is NCc1ccnc(C(=O)NCC2CCCC2)c1. The minimum absolute atomic E-state index is 0.0906. The molecule has 0 saturated heterocycles. The number of carbonyl (C=O) groups excluding carboxylic acids is 1. The van der Waals surface area contributed by atoms with Gasteiger partial charge in [-0.3, -0.25) is 9.78 Å². The van der Waals surface area contributed by atoms with Gasteiger partial charge < -0.3 is 11.1 Å². The maximum absolute atomic E-state index is 11.9. The molecule has 0 unspecified atom stereocenters. The van der Waals surface area contributed by atoms with Crippen LogP contribution in [0.2, 0.25) is 0 Å². The minimum Gasteiger partial charge on any atom is -0.350 e. The molecule has 1 aromatic rings. The van der Waals surface area contributed by atoms with Crippen molar-refractivity contribution in [2.45, 2.75) is 32.2 Å². The molecule has 0 spiro atoms. The maximum Gasteiger partial charge on any atom is 0.269 e. The van der Waals surface area contributed by atoms with E-state index in [1.807, 2.05) is 6.07 Å². The molecular formula is C13H19N3O. The molecule has 1 aromatic heterocycles. The largest absolute Gasteiger partial charge is 0.350 e. The van der Waals surface area contributed by atoms with E-state index in [4.69, 9.17) is 5.73 Å². The number of rotatable bonds is 4. The van der Waals surface area contributed by atoms with Gasteiger partial charge in [0, 0.05) is 19.3 Å². The van der Waals surface area contributed by atoms with E-state index in [2.05, 4.69) is 10.3 Å². The van der Waals surface area contributed by atoms with E-state index in [1.165, 1.54) is 25.7 Å². The first kappa shape index (κ1) is 12.0. The van der Waals surface area contributed by atoms with Crippen LogP contribution >= 0.6 is 0 Å². The zero-order valence-corrected chi connectivity index (χ0v) is 9.98. The molecular weight excluding hydrogens is 214 g/mol. The Labute approximate surface area is 102 Å². The van der Waals surface area contributed by atoms with Crippen molar-refractivity contribution in [1.82, 2.24) is 10.3 Å². The van der Waals surface area contributed by atoms with Crippen molar-refractivity contribution in [2.24, 2.45) is 11.7 Å². The van der Waals surface area contributed by atoms with Crippen molar-refractivity contribution >= 4 is 5.91 Å². The molecule has 0 aromatic carbocycles. The number of amides is 1. The molecule has 1 aliphatic carbocycles. The van der Waals surface area contributed by atoms with Crippen LogP contribution in [0.3, 0.4) is 0 Å². The average molecular weight is 233 g/mol. The van der Waals surface area contributed by atoms with Gasteiger partial charge in [-0.2, -0.15) is 0 Å². The van der Waals surface area contributed by atoms with Crippen LogP contribution in [-0.4, -0.2) is 17.4 Å². The van der Waals surface area contributed by atoms with Gasteiger partial charge in [-0.25, -0.2) is 0 Å². The molecule has 2 rings (SSSR count). The van der Waals surface area contributed by atoms with Crippen LogP contribution in [0.1, 0.15) is 41.7 Å². The van der Waals surface area contributed by atoms with Crippen molar-refractivity contribution in [2.75, 3.05) is 6.54 Å². The van der Waals surface area contributed by atoms with Gasteiger partial charge in [0.05, 0.1) is 0 Å². The molecule has 92 valence electrons. The minimum atomic E-state index is -0.0906. The van der Waals surface area contributed by atoms with E-state index in [1.54, 1.807) is 12.3 Å². The number of nitrogens with one attached hydrogen (secondary N) is 1. The Morgan fingerprint density at radius 2 is 2.24 bits per heavy atom. The lowest BCUT2D eigenvalue weighted by Gasteiger charge is -2.10. The highest BCUT2D eigenvalue weighted by molar-refractivity contribution is 5.92. The van der Waals surface area contributed by atoms with Gasteiger partial charge in [0.25, 0.3) is 5.91 Å². The smallest absolute Gasteiger partial charge is 0.269 e. The third-order valence-electron chi connectivity index (χ3n) is 3.32. The first-order valence-electron chi connectivity index (χ1n) is 6.23. The number of nitrogens with two attached hydrogens (primary N) is 1.